The maximum Gasteiger partial charge on any atom is 0.223 e. The van der Waals surface area contributed by atoms with Gasteiger partial charge in [-0.3, -0.25) is 4.79 Å². The van der Waals surface area contributed by atoms with Crippen molar-refractivity contribution in [1.82, 2.24) is 4.90 Å². The molecule has 4 heteroatoms. The quantitative estimate of drug-likeness (QED) is 0.663. The van der Waals surface area contributed by atoms with E-state index in [0.717, 1.165) is 17.7 Å². The summed E-state index contributed by atoms with van der Waals surface area (Å²) < 4.78 is 5.23. The number of carbonyl (C=O) groups is 1. The van der Waals surface area contributed by atoms with Crippen molar-refractivity contribution in [3.05, 3.63) is 23.7 Å². The van der Waals surface area contributed by atoms with Gasteiger partial charge in [0, 0.05) is 12.0 Å². The maximum atomic E-state index is 11.5. The molecule has 2 aliphatic heterocycles. The molecular weight excluding hydrogens is 182 g/mol. The number of hydrogen-bond donors (Lipinski definition) is 1. The molecule has 1 aromatic rings. The number of carbonyl (C=O) groups excluding carboxylic acids is 1. The van der Waals surface area contributed by atoms with Crippen molar-refractivity contribution >= 4 is 5.91 Å². The zero-order valence-electron chi connectivity index (χ0n) is 7.64. The first-order valence-corrected chi connectivity index (χ1v) is 4.81. The van der Waals surface area contributed by atoms with Gasteiger partial charge in [-0.1, -0.05) is 0 Å². The molecule has 0 saturated carbocycles. The highest BCUT2D eigenvalue weighted by atomic mass is 16.3. The van der Waals surface area contributed by atoms with Crippen LogP contribution >= 0.6 is 0 Å². The SMILES string of the molecule is O=C1CC[C@H]2[C@@H](O)c3ccoc3CN12. The number of amides is 1. The minimum atomic E-state index is -0.566. The molecule has 1 saturated heterocycles. The summed E-state index contributed by atoms with van der Waals surface area (Å²) in [6, 6.07) is 1.76. The molecule has 4 nitrogen and oxygen atoms in total. The maximum absolute atomic E-state index is 11.5. The van der Waals surface area contributed by atoms with Gasteiger partial charge >= 0.3 is 0 Å². The second-order valence-corrected chi connectivity index (χ2v) is 3.87. The minimum Gasteiger partial charge on any atom is -0.467 e. The molecule has 1 N–H and O–H groups in total. The number of hydrogen-bond acceptors (Lipinski definition) is 3. The van der Waals surface area contributed by atoms with Crippen LogP contribution in [0.5, 0.6) is 0 Å². The molecule has 0 bridgehead atoms. The normalized spacial score (nSPS) is 30.4. The third-order valence-electron chi connectivity index (χ3n) is 3.15. The van der Waals surface area contributed by atoms with E-state index in [1.165, 1.54) is 0 Å². The average molecular weight is 193 g/mol. The molecular formula is C10H11NO3. The fraction of sp³-hybridized carbons (Fsp3) is 0.500. The highest BCUT2D eigenvalue weighted by molar-refractivity contribution is 5.79. The van der Waals surface area contributed by atoms with Crippen molar-refractivity contribution < 1.29 is 14.3 Å². The monoisotopic (exact) mass is 193 g/mol. The predicted molar refractivity (Wildman–Crippen MR) is 47.2 cm³/mol. The molecule has 0 aromatic carbocycles. The Bertz CT molecular complexity index is 384. The summed E-state index contributed by atoms with van der Waals surface area (Å²) in [7, 11) is 0. The molecule has 14 heavy (non-hydrogen) atoms. The Balaban J connectivity index is 2.04. The second kappa shape index (κ2) is 2.60. The van der Waals surface area contributed by atoms with Gasteiger partial charge in [0.1, 0.15) is 11.9 Å². The van der Waals surface area contributed by atoms with Crippen LogP contribution in [-0.2, 0) is 11.3 Å². The van der Waals surface area contributed by atoms with Crippen LogP contribution in [0.1, 0.15) is 30.3 Å². The summed E-state index contributed by atoms with van der Waals surface area (Å²) >= 11 is 0. The van der Waals surface area contributed by atoms with Crippen molar-refractivity contribution in [2.24, 2.45) is 0 Å². The zero-order chi connectivity index (χ0) is 9.71. The van der Waals surface area contributed by atoms with E-state index < -0.39 is 6.10 Å². The van der Waals surface area contributed by atoms with Crippen LogP contribution in [-0.4, -0.2) is 22.0 Å². The molecule has 1 fully saturated rings. The van der Waals surface area contributed by atoms with Gasteiger partial charge in [0.05, 0.1) is 18.8 Å². The Labute approximate surface area is 81.1 Å². The lowest BCUT2D eigenvalue weighted by atomic mass is 9.97. The molecule has 74 valence electrons. The summed E-state index contributed by atoms with van der Waals surface area (Å²) in [5.74, 6) is 0.847. The summed E-state index contributed by atoms with van der Waals surface area (Å²) in [5, 5.41) is 9.98. The number of rotatable bonds is 0. The largest absolute Gasteiger partial charge is 0.467 e. The van der Waals surface area contributed by atoms with Gasteiger partial charge in [-0.05, 0) is 12.5 Å². The molecule has 1 aromatic heterocycles. The van der Waals surface area contributed by atoms with E-state index in [1.807, 2.05) is 0 Å². The Morgan fingerprint density at radius 3 is 3.29 bits per heavy atom. The average Bonchev–Trinajstić information content (AvgIpc) is 2.75. The lowest BCUT2D eigenvalue weighted by Crippen LogP contribution is -2.40. The Kier molecular flexibility index (Phi) is 1.50. The van der Waals surface area contributed by atoms with E-state index in [0.29, 0.717) is 13.0 Å². The van der Waals surface area contributed by atoms with Crippen molar-refractivity contribution in [2.75, 3.05) is 0 Å². The van der Waals surface area contributed by atoms with E-state index in [9.17, 15) is 9.90 Å². The molecule has 2 aliphatic rings. The predicted octanol–water partition coefficient (Wildman–Crippen LogP) is 0.818. The van der Waals surface area contributed by atoms with Crippen LogP contribution in [0.2, 0.25) is 0 Å². The van der Waals surface area contributed by atoms with Crippen molar-refractivity contribution in [2.45, 2.75) is 31.5 Å². The van der Waals surface area contributed by atoms with Crippen LogP contribution in [0.15, 0.2) is 16.7 Å². The van der Waals surface area contributed by atoms with Crippen LogP contribution in [0.3, 0.4) is 0 Å². The zero-order valence-corrected chi connectivity index (χ0v) is 7.64. The van der Waals surface area contributed by atoms with Crippen molar-refractivity contribution in [3.63, 3.8) is 0 Å². The highest BCUT2D eigenvalue weighted by Crippen LogP contribution is 2.37. The summed E-state index contributed by atoms with van der Waals surface area (Å²) in [6.07, 6.45) is 2.31. The molecule has 0 unspecified atom stereocenters. The smallest absolute Gasteiger partial charge is 0.223 e. The Morgan fingerprint density at radius 2 is 2.43 bits per heavy atom. The Morgan fingerprint density at radius 1 is 1.57 bits per heavy atom. The molecule has 0 radical (unpaired) electrons. The van der Waals surface area contributed by atoms with Crippen LogP contribution < -0.4 is 0 Å². The number of furan rings is 1. The van der Waals surface area contributed by atoms with Gasteiger partial charge in [-0.25, -0.2) is 0 Å². The van der Waals surface area contributed by atoms with Crippen LogP contribution in [0.4, 0.5) is 0 Å². The number of fused-ring (bicyclic) bond motifs is 2. The van der Waals surface area contributed by atoms with Crippen molar-refractivity contribution in [3.8, 4) is 0 Å². The molecule has 0 aliphatic carbocycles. The van der Waals surface area contributed by atoms with Crippen LogP contribution in [0.25, 0.3) is 0 Å². The van der Waals surface area contributed by atoms with Gasteiger partial charge in [0.15, 0.2) is 0 Å². The third kappa shape index (κ3) is 0.889. The van der Waals surface area contributed by atoms with E-state index in [1.54, 1.807) is 17.2 Å². The molecule has 2 atom stereocenters. The first-order chi connectivity index (χ1) is 6.77. The number of aliphatic hydroxyl groups is 1. The van der Waals surface area contributed by atoms with Crippen LogP contribution in [0, 0.1) is 0 Å². The van der Waals surface area contributed by atoms with Gasteiger partial charge < -0.3 is 14.4 Å². The van der Waals surface area contributed by atoms with E-state index in [4.69, 9.17) is 4.42 Å². The molecule has 3 rings (SSSR count). The molecule has 3 heterocycles. The summed E-state index contributed by atoms with van der Waals surface area (Å²) in [5.41, 5.74) is 0.848. The molecule has 1 amide bonds. The summed E-state index contributed by atoms with van der Waals surface area (Å²) in [4.78, 5) is 13.2. The fourth-order valence-electron chi connectivity index (χ4n) is 2.39. The van der Waals surface area contributed by atoms with E-state index >= 15 is 0 Å². The first kappa shape index (κ1) is 8.05. The standard InChI is InChI=1S/C10H11NO3/c12-9-2-1-7-10(13)6-3-4-14-8(6)5-11(7)9/h3-4,7,10,13H,1-2,5H2/t7-,10-/m0/s1. The summed E-state index contributed by atoms with van der Waals surface area (Å²) in [6.45, 7) is 0.517. The third-order valence-corrected chi connectivity index (χ3v) is 3.15. The lowest BCUT2D eigenvalue weighted by Gasteiger charge is -2.32. The second-order valence-electron chi connectivity index (χ2n) is 3.87. The van der Waals surface area contributed by atoms with E-state index in [2.05, 4.69) is 0 Å². The van der Waals surface area contributed by atoms with Gasteiger partial charge in [-0.15, -0.1) is 0 Å². The van der Waals surface area contributed by atoms with Gasteiger partial charge in [-0.2, -0.15) is 0 Å². The minimum absolute atomic E-state index is 0.0346. The molecule has 0 spiro atoms. The lowest BCUT2D eigenvalue weighted by molar-refractivity contribution is -0.132. The highest BCUT2D eigenvalue weighted by Gasteiger charge is 2.41. The number of nitrogens with zero attached hydrogens (tertiary/aromatic N) is 1. The topological polar surface area (TPSA) is 53.7 Å². The van der Waals surface area contributed by atoms with Crippen molar-refractivity contribution in [1.29, 1.82) is 0 Å². The first-order valence-electron chi connectivity index (χ1n) is 4.81. The van der Waals surface area contributed by atoms with Gasteiger partial charge in [0.25, 0.3) is 0 Å². The van der Waals surface area contributed by atoms with Gasteiger partial charge in [0.2, 0.25) is 5.91 Å². The number of aliphatic hydroxyl groups excluding tert-OH is 1. The fourth-order valence-corrected chi connectivity index (χ4v) is 2.39. The Hall–Kier alpha value is -1.29. The van der Waals surface area contributed by atoms with E-state index in [-0.39, 0.29) is 11.9 Å².